The van der Waals surface area contributed by atoms with E-state index in [1.165, 1.54) is 57.8 Å². The second kappa shape index (κ2) is 7.16. The van der Waals surface area contributed by atoms with Gasteiger partial charge in [-0.2, -0.15) is 0 Å². The summed E-state index contributed by atoms with van der Waals surface area (Å²) in [5.41, 5.74) is 0. The van der Waals surface area contributed by atoms with Crippen molar-refractivity contribution >= 4 is 5.91 Å². The lowest BCUT2D eigenvalue weighted by molar-refractivity contribution is -0.122. The van der Waals surface area contributed by atoms with Crippen LogP contribution >= 0.6 is 0 Å². The number of amides is 1. The Hall–Kier alpha value is -0.530. The van der Waals surface area contributed by atoms with Crippen molar-refractivity contribution < 1.29 is 4.79 Å². The molecule has 0 radical (unpaired) electrons. The maximum atomic E-state index is 11.9. The zero-order valence-electron chi connectivity index (χ0n) is 11.9. The molecule has 0 unspecified atom stereocenters. The first kappa shape index (κ1) is 13.9. The lowest BCUT2D eigenvalue weighted by Gasteiger charge is -2.27. The van der Waals surface area contributed by atoms with Crippen molar-refractivity contribution in [2.24, 2.45) is 11.8 Å². The van der Waals surface area contributed by atoms with Crippen LogP contribution in [0.25, 0.3) is 0 Å². The van der Waals surface area contributed by atoms with Crippen LogP contribution in [-0.4, -0.2) is 11.9 Å². The predicted molar refractivity (Wildman–Crippen MR) is 75.4 cm³/mol. The molecular formula is C16H29NO. The highest BCUT2D eigenvalue weighted by molar-refractivity contribution is 5.76. The van der Waals surface area contributed by atoms with Crippen LogP contribution in [0.2, 0.25) is 0 Å². The fourth-order valence-corrected chi connectivity index (χ4v) is 3.52. The maximum Gasteiger partial charge on any atom is 0.220 e. The summed E-state index contributed by atoms with van der Waals surface area (Å²) < 4.78 is 0. The molecule has 18 heavy (non-hydrogen) atoms. The van der Waals surface area contributed by atoms with Gasteiger partial charge in [0.1, 0.15) is 0 Å². The second-order valence-electron chi connectivity index (χ2n) is 6.57. The number of nitrogens with one attached hydrogen (secondary N) is 1. The van der Waals surface area contributed by atoms with E-state index in [0.29, 0.717) is 11.9 Å². The minimum Gasteiger partial charge on any atom is -0.353 e. The third-order valence-electron chi connectivity index (χ3n) is 4.89. The van der Waals surface area contributed by atoms with Gasteiger partial charge >= 0.3 is 0 Å². The first-order valence-electron chi connectivity index (χ1n) is 8.03. The minimum atomic E-state index is 0.306. The first-order chi connectivity index (χ1) is 8.74. The molecule has 2 rings (SSSR count). The Balaban J connectivity index is 1.59. The molecule has 1 amide bonds. The van der Waals surface area contributed by atoms with Gasteiger partial charge in [0.2, 0.25) is 5.91 Å². The Morgan fingerprint density at radius 3 is 2.33 bits per heavy atom. The SMILES string of the molecule is CC1CCC(NC(=O)CCC2CCCCC2)CC1. The van der Waals surface area contributed by atoms with Gasteiger partial charge in [-0.15, -0.1) is 0 Å². The number of carbonyl (C=O) groups is 1. The minimum absolute atomic E-state index is 0.306. The van der Waals surface area contributed by atoms with E-state index in [9.17, 15) is 4.79 Å². The highest BCUT2D eigenvalue weighted by atomic mass is 16.1. The fraction of sp³-hybridized carbons (Fsp3) is 0.938. The van der Waals surface area contributed by atoms with Gasteiger partial charge in [-0.05, 0) is 43.9 Å². The zero-order valence-corrected chi connectivity index (χ0v) is 11.9. The van der Waals surface area contributed by atoms with Gasteiger partial charge in [0.05, 0.1) is 0 Å². The van der Waals surface area contributed by atoms with Crippen molar-refractivity contribution in [3.05, 3.63) is 0 Å². The van der Waals surface area contributed by atoms with E-state index in [2.05, 4.69) is 12.2 Å². The quantitative estimate of drug-likeness (QED) is 0.802. The molecule has 0 bridgehead atoms. The van der Waals surface area contributed by atoms with E-state index < -0.39 is 0 Å². The summed E-state index contributed by atoms with van der Waals surface area (Å²) in [5.74, 6) is 2.00. The standard InChI is InChI=1S/C16H29NO/c1-13-7-10-15(11-8-13)17-16(18)12-9-14-5-3-2-4-6-14/h13-15H,2-12H2,1H3,(H,17,18). The smallest absolute Gasteiger partial charge is 0.220 e. The predicted octanol–water partition coefficient (Wildman–Crippen LogP) is 4.04. The summed E-state index contributed by atoms with van der Waals surface area (Å²) in [7, 11) is 0. The van der Waals surface area contributed by atoms with Crippen molar-refractivity contribution in [1.29, 1.82) is 0 Å². The van der Waals surface area contributed by atoms with Crippen LogP contribution in [0, 0.1) is 11.8 Å². The van der Waals surface area contributed by atoms with Gasteiger partial charge in [-0.3, -0.25) is 4.79 Å². The molecule has 0 saturated heterocycles. The van der Waals surface area contributed by atoms with E-state index in [0.717, 1.165) is 24.7 Å². The molecule has 2 aliphatic rings. The summed E-state index contributed by atoms with van der Waals surface area (Å²) in [6.07, 6.45) is 13.7. The molecule has 2 saturated carbocycles. The van der Waals surface area contributed by atoms with Gasteiger partial charge < -0.3 is 5.32 Å². The van der Waals surface area contributed by atoms with E-state index in [1.807, 2.05) is 0 Å². The van der Waals surface area contributed by atoms with Crippen LogP contribution in [-0.2, 0) is 4.79 Å². The summed E-state index contributed by atoms with van der Waals surface area (Å²) in [6.45, 7) is 2.32. The van der Waals surface area contributed by atoms with Crippen LogP contribution < -0.4 is 5.32 Å². The Kier molecular flexibility index (Phi) is 5.52. The Morgan fingerprint density at radius 2 is 1.67 bits per heavy atom. The van der Waals surface area contributed by atoms with E-state index >= 15 is 0 Å². The largest absolute Gasteiger partial charge is 0.353 e. The van der Waals surface area contributed by atoms with Crippen molar-refractivity contribution in [3.63, 3.8) is 0 Å². The van der Waals surface area contributed by atoms with Crippen LogP contribution in [0.3, 0.4) is 0 Å². The molecule has 2 aliphatic carbocycles. The van der Waals surface area contributed by atoms with Crippen LogP contribution in [0.5, 0.6) is 0 Å². The van der Waals surface area contributed by atoms with Gasteiger partial charge in [0.25, 0.3) is 0 Å². The van der Waals surface area contributed by atoms with Gasteiger partial charge in [0, 0.05) is 12.5 Å². The normalized spacial score (nSPS) is 30.1. The molecule has 0 atom stereocenters. The molecule has 2 heteroatoms. The van der Waals surface area contributed by atoms with Crippen molar-refractivity contribution in [3.8, 4) is 0 Å². The topological polar surface area (TPSA) is 29.1 Å². The molecule has 1 N–H and O–H groups in total. The van der Waals surface area contributed by atoms with E-state index in [-0.39, 0.29) is 0 Å². The Labute approximate surface area is 112 Å². The lowest BCUT2D eigenvalue weighted by Crippen LogP contribution is -2.37. The fourth-order valence-electron chi connectivity index (χ4n) is 3.52. The third-order valence-corrected chi connectivity index (χ3v) is 4.89. The highest BCUT2D eigenvalue weighted by Crippen LogP contribution is 2.27. The molecule has 0 aliphatic heterocycles. The van der Waals surface area contributed by atoms with Gasteiger partial charge in [-0.25, -0.2) is 0 Å². The molecule has 0 spiro atoms. The molecule has 0 aromatic rings. The summed E-state index contributed by atoms with van der Waals surface area (Å²) in [4.78, 5) is 11.9. The van der Waals surface area contributed by atoms with E-state index in [1.54, 1.807) is 0 Å². The molecule has 2 nitrogen and oxygen atoms in total. The average Bonchev–Trinajstić information content (AvgIpc) is 2.40. The summed E-state index contributed by atoms with van der Waals surface area (Å²) >= 11 is 0. The number of hydrogen-bond acceptors (Lipinski definition) is 1. The molecule has 0 aromatic carbocycles. The Morgan fingerprint density at radius 1 is 1.00 bits per heavy atom. The van der Waals surface area contributed by atoms with Crippen LogP contribution in [0.15, 0.2) is 0 Å². The molecule has 0 heterocycles. The van der Waals surface area contributed by atoms with E-state index in [4.69, 9.17) is 0 Å². The molecule has 2 fully saturated rings. The summed E-state index contributed by atoms with van der Waals surface area (Å²) in [6, 6.07) is 0.472. The first-order valence-corrected chi connectivity index (χ1v) is 8.03. The monoisotopic (exact) mass is 251 g/mol. The highest BCUT2D eigenvalue weighted by Gasteiger charge is 2.20. The average molecular weight is 251 g/mol. The van der Waals surface area contributed by atoms with Crippen LogP contribution in [0.1, 0.15) is 77.6 Å². The Bertz CT molecular complexity index is 250. The van der Waals surface area contributed by atoms with Crippen molar-refractivity contribution in [2.75, 3.05) is 0 Å². The maximum absolute atomic E-state index is 11.9. The summed E-state index contributed by atoms with van der Waals surface area (Å²) in [5, 5.41) is 3.24. The van der Waals surface area contributed by atoms with Crippen molar-refractivity contribution in [2.45, 2.75) is 83.6 Å². The second-order valence-corrected chi connectivity index (χ2v) is 6.57. The van der Waals surface area contributed by atoms with Gasteiger partial charge in [-0.1, -0.05) is 39.0 Å². The molecule has 0 aromatic heterocycles. The zero-order chi connectivity index (χ0) is 12.8. The third kappa shape index (κ3) is 4.62. The number of carbonyl (C=O) groups excluding carboxylic acids is 1. The van der Waals surface area contributed by atoms with Crippen LogP contribution in [0.4, 0.5) is 0 Å². The lowest BCUT2D eigenvalue weighted by atomic mass is 9.85. The van der Waals surface area contributed by atoms with Crippen molar-refractivity contribution in [1.82, 2.24) is 5.32 Å². The number of hydrogen-bond donors (Lipinski definition) is 1. The number of rotatable bonds is 4. The molecule has 104 valence electrons. The molecular weight excluding hydrogens is 222 g/mol. The van der Waals surface area contributed by atoms with Gasteiger partial charge in [0.15, 0.2) is 0 Å².